The first-order valence-corrected chi connectivity index (χ1v) is 7.63. The van der Waals surface area contributed by atoms with E-state index in [1.807, 2.05) is 36.7 Å². The number of hydrogen-bond acceptors (Lipinski definition) is 3. The SMILES string of the molecule is COc1ccc(CNC(=O)N(C)Cc2sccc2C)cc1. The number of carbonyl (C=O) groups is 1. The molecule has 0 bridgehead atoms. The molecule has 2 rings (SSSR count). The molecule has 2 aromatic rings. The topological polar surface area (TPSA) is 41.6 Å². The Morgan fingerprint density at radius 3 is 2.57 bits per heavy atom. The fourth-order valence-corrected chi connectivity index (χ4v) is 2.87. The molecule has 0 saturated carbocycles. The van der Waals surface area contributed by atoms with Crippen molar-refractivity contribution in [2.75, 3.05) is 14.2 Å². The van der Waals surface area contributed by atoms with Gasteiger partial charge in [0, 0.05) is 18.5 Å². The minimum atomic E-state index is -0.0707. The third-order valence-electron chi connectivity index (χ3n) is 3.30. The van der Waals surface area contributed by atoms with Crippen molar-refractivity contribution >= 4 is 17.4 Å². The summed E-state index contributed by atoms with van der Waals surface area (Å²) in [4.78, 5) is 15.0. The number of ether oxygens (including phenoxy) is 1. The number of methoxy groups -OCH3 is 1. The van der Waals surface area contributed by atoms with Gasteiger partial charge in [0.15, 0.2) is 0 Å². The molecule has 1 aromatic carbocycles. The molecule has 0 saturated heterocycles. The highest BCUT2D eigenvalue weighted by Gasteiger charge is 2.10. The first-order valence-electron chi connectivity index (χ1n) is 6.75. The third kappa shape index (κ3) is 4.23. The zero-order valence-electron chi connectivity index (χ0n) is 12.6. The molecule has 1 aromatic heterocycles. The Kier molecular flexibility index (Phi) is 5.22. The highest BCUT2D eigenvalue weighted by molar-refractivity contribution is 7.10. The molecule has 4 nitrogen and oxygen atoms in total. The second-order valence-corrected chi connectivity index (χ2v) is 5.89. The average molecular weight is 304 g/mol. The third-order valence-corrected chi connectivity index (χ3v) is 4.31. The average Bonchev–Trinajstić information content (AvgIpc) is 2.90. The maximum absolute atomic E-state index is 12.1. The van der Waals surface area contributed by atoms with Gasteiger partial charge in [-0.05, 0) is 41.6 Å². The highest BCUT2D eigenvalue weighted by atomic mass is 32.1. The number of aryl methyl sites for hydroxylation is 1. The quantitative estimate of drug-likeness (QED) is 0.920. The molecule has 5 heteroatoms. The molecule has 21 heavy (non-hydrogen) atoms. The van der Waals surface area contributed by atoms with E-state index in [1.165, 1.54) is 10.4 Å². The lowest BCUT2D eigenvalue weighted by Crippen LogP contribution is -2.36. The standard InChI is InChI=1S/C16H20N2O2S/c1-12-8-9-21-15(12)11-18(2)16(19)17-10-13-4-6-14(20-3)7-5-13/h4-9H,10-11H2,1-3H3,(H,17,19). The molecular weight excluding hydrogens is 284 g/mol. The van der Waals surface area contributed by atoms with Crippen molar-refractivity contribution in [3.05, 3.63) is 51.7 Å². The lowest BCUT2D eigenvalue weighted by molar-refractivity contribution is 0.207. The maximum Gasteiger partial charge on any atom is 0.317 e. The first-order chi connectivity index (χ1) is 10.1. The Morgan fingerprint density at radius 1 is 1.29 bits per heavy atom. The van der Waals surface area contributed by atoms with Crippen LogP contribution in [0.3, 0.4) is 0 Å². The predicted molar refractivity (Wildman–Crippen MR) is 85.8 cm³/mol. The summed E-state index contributed by atoms with van der Waals surface area (Å²) in [5.74, 6) is 0.815. The van der Waals surface area contributed by atoms with Gasteiger partial charge >= 0.3 is 6.03 Å². The van der Waals surface area contributed by atoms with E-state index in [0.717, 1.165) is 11.3 Å². The molecular formula is C16H20N2O2S. The van der Waals surface area contributed by atoms with Crippen molar-refractivity contribution in [2.45, 2.75) is 20.0 Å². The number of benzene rings is 1. The number of thiophene rings is 1. The predicted octanol–water partition coefficient (Wildman–Crippen LogP) is 3.41. The van der Waals surface area contributed by atoms with Crippen LogP contribution in [0.25, 0.3) is 0 Å². The summed E-state index contributed by atoms with van der Waals surface area (Å²) < 4.78 is 5.11. The summed E-state index contributed by atoms with van der Waals surface area (Å²) in [6.07, 6.45) is 0. The first kappa shape index (κ1) is 15.4. The van der Waals surface area contributed by atoms with Crippen LogP contribution < -0.4 is 10.1 Å². The number of hydrogen-bond donors (Lipinski definition) is 1. The molecule has 2 amide bonds. The molecule has 0 aliphatic carbocycles. The monoisotopic (exact) mass is 304 g/mol. The summed E-state index contributed by atoms with van der Waals surface area (Å²) in [6.45, 7) is 3.21. The van der Waals surface area contributed by atoms with E-state index in [9.17, 15) is 4.79 Å². The molecule has 0 aliphatic rings. The van der Waals surface area contributed by atoms with Gasteiger partial charge in [0.2, 0.25) is 0 Å². The lowest BCUT2D eigenvalue weighted by Gasteiger charge is -2.17. The number of nitrogens with zero attached hydrogens (tertiary/aromatic N) is 1. The molecule has 0 aliphatic heterocycles. The van der Waals surface area contributed by atoms with Crippen LogP contribution in [0.15, 0.2) is 35.7 Å². The Balaban J connectivity index is 1.84. The largest absolute Gasteiger partial charge is 0.497 e. The summed E-state index contributed by atoms with van der Waals surface area (Å²) in [7, 11) is 3.45. The van der Waals surface area contributed by atoms with E-state index >= 15 is 0 Å². The van der Waals surface area contributed by atoms with Gasteiger partial charge in [0.25, 0.3) is 0 Å². The Labute approximate surface area is 129 Å². The lowest BCUT2D eigenvalue weighted by atomic mass is 10.2. The normalized spacial score (nSPS) is 10.2. The second kappa shape index (κ2) is 7.13. The van der Waals surface area contributed by atoms with Crippen LogP contribution in [0.5, 0.6) is 5.75 Å². The fraction of sp³-hybridized carbons (Fsp3) is 0.312. The minimum Gasteiger partial charge on any atom is -0.497 e. The molecule has 0 radical (unpaired) electrons. The summed E-state index contributed by atoms with van der Waals surface area (Å²) in [6, 6.07) is 9.67. The number of nitrogens with one attached hydrogen (secondary N) is 1. The Bertz CT molecular complexity index is 593. The minimum absolute atomic E-state index is 0.0707. The molecule has 1 N–H and O–H groups in total. The molecule has 112 valence electrons. The van der Waals surface area contributed by atoms with E-state index in [2.05, 4.69) is 18.3 Å². The van der Waals surface area contributed by atoms with Gasteiger partial charge in [0.05, 0.1) is 13.7 Å². The Hall–Kier alpha value is -2.01. The van der Waals surface area contributed by atoms with Gasteiger partial charge in [-0.3, -0.25) is 0 Å². The number of carbonyl (C=O) groups excluding carboxylic acids is 1. The zero-order valence-corrected chi connectivity index (χ0v) is 13.4. The smallest absolute Gasteiger partial charge is 0.317 e. The van der Waals surface area contributed by atoms with Crippen molar-refractivity contribution in [1.82, 2.24) is 10.2 Å². The molecule has 1 heterocycles. The van der Waals surface area contributed by atoms with Gasteiger partial charge in [-0.15, -0.1) is 11.3 Å². The number of urea groups is 1. The highest BCUT2D eigenvalue weighted by Crippen LogP contribution is 2.17. The molecule has 0 unspecified atom stereocenters. The van der Waals surface area contributed by atoms with Crippen LogP contribution in [0, 0.1) is 6.92 Å². The summed E-state index contributed by atoms with van der Waals surface area (Å²) in [5, 5.41) is 4.97. The van der Waals surface area contributed by atoms with E-state index in [4.69, 9.17) is 4.74 Å². The maximum atomic E-state index is 12.1. The Morgan fingerprint density at radius 2 is 2.00 bits per heavy atom. The van der Waals surface area contributed by atoms with E-state index in [-0.39, 0.29) is 6.03 Å². The van der Waals surface area contributed by atoms with Crippen molar-refractivity contribution in [3.8, 4) is 5.75 Å². The summed E-state index contributed by atoms with van der Waals surface area (Å²) >= 11 is 1.68. The van der Waals surface area contributed by atoms with Gasteiger partial charge in [-0.1, -0.05) is 12.1 Å². The van der Waals surface area contributed by atoms with Crippen LogP contribution in [-0.2, 0) is 13.1 Å². The van der Waals surface area contributed by atoms with E-state index in [1.54, 1.807) is 23.3 Å². The van der Waals surface area contributed by atoms with Crippen molar-refractivity contribution < 1.29 is 9.53 Å². The molecule has 0 fully saturated rings. The van der Waals surface area contributed by atoms with Gasteiger partial charge in [-0.2, -0.15) is 0 Å². The number of rotatable bonds is 5. The van der Waals surface area contributed by atoms with Crippen molar-refractivity contribution in [3.63, 3.8) is 0 Å². The van der Waals surface area contributed by atoms with Crippen molar-refractivity contribution in [1.29, 1.82) is 0 Å². The van der Waals surface area contributed by atoms with Gasteiger partial charge in [-0.25, -0.2) is 4.79 Å². The fourth-order valence-electron chi connectivity index (χ4n) is 1.91. The van der Waals surface area contributed by atoms with Crippen LogP contribution in [0.1, 0.15) is 16.0 Å². The molecule has 0 spiro atoms. The second-order valence-electron chi connectivity index (χ2n) is 4.89. The summed E-state index contributed by atoms with van der Waals surface area (Å²) in [5.41, 5.74) is 2.28. The van der Waals surface area contributed by atoms with Crippen LogP contribution in [0.2, 0.25) is 0 Å². The van der Waals surface area contributed by atoms with Gasteiger partial charge < -0.3 is 15.0 Å². The van der Waals surface area contributed by atoms with Crippen LogP contribution in [0.4, 0.5) is 4.79 Å². The van der Waals surface area contributed by atoms with Crippen LogP contribution >= 0.6 is 11.3 Å². The molecule has 0 atom stereocenters. The van der Waals surface area contributed by atoms with Crippen LogP contribution in [-0.4, -0.2) is 25.1 Å². The van der Waals surface area contributed by atoms with Gasteiger partial charge in [0.1, 0.15) is 5.75 Å². The zero-order chi connectivity index (χ0) is 15.2. The number of amides is 2. The van der Waals surface area contributed by atoms with E-state index < -0.39 is 0 Å². The van der Waals surface area contributed by atoms with E-state index in [0.29, 0.717) is 13.1 Å². The van der Waals surface area contributed by atoms with Crippen molar-refractivity contribution in [2.24, 2.45) is 0 Å².